The van der Waals surface area contributed by atoms with Crippen LogP contribution in [0.4, 0.5) is 24.7 Å². The van der Waals surface area contributed by atoms with Gasteiger partial charge in [0.15, 0.2) is 0 Å². The van der Waals surface area contributed by atoms with Crippen LogP contribution in [0.3, 0.4) is 0 Å². The molecule has 4 nitrogen and oxygen atoms in total. The van der Waals surface area contributed by atoms with Crippen LogP contribution in [-0.2, 0) is 6.18 Å². The zero-order chi connectivity index (χ0) is 16.3. The number of rotatable bonds is 3. The smallest absolute Gasteiger partial charge is 0.362 e. The Kier molecular flexibility index (Phi) is 4.35. The quantitative estimate of drug-likeness (QED) is 0.945. The first kappa shape index (κ1) is 15.8. The number of aromatic nitrogens is 1. The van der Waals surface area contributed by atoms with Gasteiger partial charge in [-0.2, -0.15) is 13.2 Å². The number of amides is 1. The number of pyridine rings is 1. The van der Waals surface area contributed by atoms with E-state index in [1.54, 1.807) is 37.3 Å². The lowest BCUT2D eigenvalue weighted by Crippen LogP contribution is -2.19. The van der Waals surface area contributed by atoms with Crippen molar-refractivity contribution in [3.8, 4) is 0 Å². The molecule has 0 radical (unpaired) electrons. The highest BCUT2D eigenvalue weighted by Gasteiger charge is 2.30. The van der Waals surface area contributed by atoms with Gasteiger partial charge in [0.2, 0.25) is 0 Å². The number of carbonyl (C=O) groups is 1. The number of halogens is 3. The summed E-state index contributed by atoms with van der Waals surface area (Å²) in [6.07, 6.45) is -2.84. The van der Waals surface area contributed by atoms with E-state index in [2.05, 4.69) is 10.3 Å². The van der Waals surface area contributed by atoms with Crippen molar-refractivity contribution in [2.45, 2.75) is 6.18 Å². The van der Waals surface area contributed by atoms with Crippen LogP contribution in [0.15, 0.2) is 42.6 Å². The Morgan fingerprint density at radius 1 is 1.14 bits per heavy atom. The van der Waals surface area contributed by atoms with Crippen molar-refractivity contribution in [3.63, 3.8) is 0 Å². The second-order valence-corrected chi connectivity index (χ2v) is 4.80. The summed E-state index contributed by atoms with van der Waals surface area (Å²) in [6.45, 7) is 0. The fraction of sp³-hybridized carbons (Fsp3) is 0.200. The highest BCUT2D eigenvalue weighted by Crippen LogP contribution is 2.30. The van der Waals surface area contributed by atoms with Gasteiger partial charge < -0.3 is 10.2 Å². The molecule has 1 amide bonds. The third-order valence-corrected chi connectivity index (χ3v) is 2.93. The number of carbonyl (C=O) groups excluding carboxylic acids is 1. The summed E-state index contributed by atoms with van der Waals surface area (Å²) in [5.41, 5.74) is -0.139. The number of hydrogen-bond acceptors (Lipinski definition) is 3. The largest absolute Gasteiger partial charge is 0.416 e. The zero-order valence-electron chi connectivity index (χ0n) is 12.0. The summed E-state index contributed by atoms with van der Waals surface area (Å²) in [4.78, 5) is 18.0. The van der Waals surface area contributed by atoms with Crippen LogP contribution in [0.2, 0.25) is 0 Å². The number of alkyl halides is 3. The molecule has 0 saturated heterocycles. The van der Waals surface area contributed by atoms with E-state index in [-0.39, 0.29) is 5.69 Å². The molecule has 0 spiro atoms. The first-order valence-electron chi connectivity index (χ1n) is 6.40. The van der Waals surface area contributed by atoms with Crippen LogP contribution in [0.5, 0.6) is 0 Å². The third kappa shape index (κ3) is 3.55. The molecule has 22 heavy (non-hydrogen) atoms. The van der Waals surface area contributed by atoms with Gasteiger partial charge in [0.05, 0.1) is 11.1 Å². The Hall–Kier alpha value is -2.57. The summed E-state index contributed by atoms with van der Waals surface area (Å²) < 4.78 is 37.5. The summed E-state index contributed by atoms with van der Waals surface area (Å²) in [7, 11) is 3.49. The summed E-state index contributed by atoms with van der Waals surface area (Å²) in [6, 6.07) is 7.49. The zero-order valence-corrected chi connectivity index (χ0v) is 12.0. The molecular weight excluding hydrogens is 295 g/mol. The molecule has 0 unspecified atom stereocenters. The minimum absolute atomic E-state index is 0.284. The average Bonchev–Trinajstić information content (AvgIpc) is 2.46. The molecule has 1 aromatic carbocycles. The molecule has 116 valence electrons. The fourth-order valence-electron chi connectivity index (χ4n) is 1.87. The first-order valence-corrected chi connectivity index (χ1v) is 6.40. The van der Waals surface area contributed by atoms with Gasteiger partial charge in [-0.15, -0.1) is 0 Å². The van der Waals surface area contributed by atoms with Gasteiger partial charge in [-0.1, -0.05) is 0 Å². The van der Waals surface area contributed by atoms with E-state index in [4.69, 9.17) is 0 Å². The van der Waals surface area contributed by atoms with Crippen molar-refractivity contribution in [2.24, 2.45) is 0 Å². The van der Waals surface area contributed by atoms with Gasteiger partial charge in [-0.25, -0.2) is 4.98 Å². The average molecular weight is 309 g/mol. The number of anilines is 2. The molecule has 0 atom stereocenters. The van der Waals surface area contributed by atoms with Gasteiger partial charge in [0.1, 0.15) is 5.82 Å². The number of benzene rings is 1. The van der Waals surface area contributed by atoms with Crippen LogP contribution in [0.25, 0.3) is 0 Å². The van der Waals surface area contributed by atoms with Crippen molar-refractivity contribution in [1.29, 1.82) is 0 Å². The standard InChI is InChI=1S/C15H14F3N3O/c1-21(2)13-12(4-3-9-19-13)14(22)20-11-7-5-10(6-8-11)15(16,17)18/h3-9H,1-2H3,(H,20,22). The molecule has 0 aliphatic rings. The van der Waals surface area contributed by atoms with Gasteiger partial charge in [0.25, 0.3) is 5.91 Å². The van der Waals surface area contributed by atoms with E-state index in [0.717, 1.165) is 12.1 Å². The Labute approximate surface area is 125 Å². The highest BCUT2D eigenvalue weighted by molar-refractivity contribution is 6.07. The Balaban J connectivity index is 2.19. The van der Waals surface area contributed by atoms with Crippen LogP contribution >= 0.6 is 0 Å². The molecular formula is C15H14F3N3O. The van der Waals surface area contributed by atoms with Gasteiger partial charge in [-0.05, 0) is 36.4 Å². The maximum absolute atomic E-state index is 12.5. The minimum atomic E-state index is -4.40. The number of nitrogens with zero attached hydrogens (tertiary/aromatic N) is 2. The molecule has 2 aromatic rings. The summed E-state index contributed by atoms with van der Waals surface area (Å²) in [5, 5.41) is 2.56. The third-order valence-electron chi connectivity index (χ3n) is 2.93. The molecule has 0 aliphatic heterocycles. The van der Waals surface area contributed by atoms with Crippen molar-refractivity contribution >= 4 is 17.4 Å². The van der Waals surface area contributed by atoms with E-state index in [1.165, 1.54) is 12.1 Å². The number of hydrogen-bond donors (Lipinski definition) is 1. The molecule has 0 fully saturated rings. The molecule has 7 heteroatoms. The van der Waals surface area contributed by atoms with E-state index in [1.807, 2.05) is 0 Å². The van der Waals surface area contributed by atoms with Crippen LogP contribution in [0, 0.1) is 0 Å². The molecule has 1 aromatic heterocycles. The van der Waals surface area contributed by atoms with E-state index in [0.29, 0.717) is 11.4 Å². The second-order valence-electron chi connectivity index (χ2n) is 4.80. The fourth-order valence-corrected chi connectivity index (χ4v) is 1.87. The molecule has 2 rings (SSSR count). The molecule has 1 N–H and O–H groups in total. The Bertz CT molecular complexity index is 666. The second kappa shape index (κ2) is 6.05. The maximum Gasteiger partial charge on any atom is 0.416 e. The van der Waals surface area contributed by atoms with Crippen molar-refractivity contribution in [3.05, 3.63) is 53.7 Å². The molecule has 0 saturated carbocycles. The van der Waals surface area contributed by atoms with E-state index >= 15 is 0 Å². The van der Waals surface area contributed by atoms with E-state index < -0.39 is 17.6 Å². The molecule has 1 heterocycles. The SMILES string of the molecule is CN(C)c1ncccc1C(=O)Nc1ccc(C(F)(F)F)cc1. The van der Waals surface area contributed by atoms with Gasteiger partial charge in [0, 0.05) is 26.0 Å². The topological polar surface area (TPSA) is 45.2 Å². The predicted octanol–water partition coefficient (Wildman–Crippen LogP) is 3.42. The molecule has 0 bridgehead atoms. The maximum atomic E-state index is 12.5. The lowest BCUT2D eigenvalue weighted by atomic mass is 10.2. The van der Waals surface area contributed by atoms with Gasteiger partial charge in [-0.3, -0.25) is 4.79 Å². The Morgan fingerprint density at radius 2 is 1.77 bits per heavy atom. The van der Waals surface area contributed by atoms with Crippen LogP contribution in [0.1, 0.15) is 15.9 Å². The predicted molar refractivity (Wildman–Crippen MR) is 78.0 cm³/mol. The minimum Gasteiger partial charge on any atom is -0.362 e. The van der Waals surface area contributed by atoms with Crippen molar-refractivity contribution in [2.75, 3.05) is 24.3 Å². The Morgan fingerprint density at radius 3 is 2.32 bits per heavy atom. The summed E-state index contributed by atoms with van der Waals surface area (Å²) >= 11 is 0. The van der Waals surface area contributed by atoms with Crippen molar-refractivity contribution < 1.29 is 18.0 Å². The van der Waals surface area contributed by atoms with Crippen LogP contribution in [-0.4, -0.2) is 25.0 Å². The van der Waals surface area contributed by atoms with E-state index in [9.17, 15) is 18.0 Å². The summed E-state index contributed by atoms with van der Waals surface area (Å²) in [5.74, 6) is 0.0449. The first-order chi connectivity index (χ1) is 10.3. The van der Waals surface area contributed by atoms with Crippen molar-refractivity contribution in [1.82, 2.24) is 4.98 Å². The number of nitrogens with one attached hydrogen (secondary N) is 1. The lowest BCUT2D eigenvalue weighted by Gasteiger charge is -2.15. The molecule has 0 aliphatic carbocycles. The van der Waals surface area contributed by atoms with Gasteiger partial charge >= 0.3 is 6.18 Å². The monoisotopic (exact) mass is 309 g/mol. The van der Waals surface area contributed by atoms with Crippen LogP contribution < -0.4 is 10.2 Å². The lowest BCUT2D eigenvalue weighted by molar-refractivity contribution is -0.137. The normalized spacial score (nSPS) is 11.1. The highest BCUT2D eigenvalue weighted by atomic mass is 19.4.